The molecule has 0 aliphatic carbocycles. The summed E-state index contributed by atoms with van der Waals surface area (Å²) in [6, 6.07) is 0. The second-order valence-corrected chi connectivity index (χ2v) is 19.8. The topological polar surface area (TPSA) is 78.9 Å². The van der Waals surface area contributed by atoms with E-state index in [-0.39, 0.29) is 38.0 Å². The van der Waals surface area contributed by atoms with Gasteiger partial charge in [-0.25, -0.2) is 0 Å². The molecular weight excluding hydrogens is 997 g/mol. The Kier molecular flexibility index (Phi) is 61.6. The number of carbonyl (C=O) groups is 3. The van der Waals surface area contributed by atoms with Crippen molar-refractivity contribution in [2.24, 2.45) is 0 Å². The van der Waals surface area contributed by atoms with Gasteiger partial charge < -0.3 is 14.2 Å². The fourth-order valence-electron chi connectivity index (χ4n) is 7.70. The average molecular weight is 1110 g/mol. The van der Waals surface area contributed by atoms with Gasteiger partial charge in [-0.05, 0) is 148 Å². The van der Waals surface area contributed by atoms with Crippen LogP contribution in [0.2, 0.25) is 0 Å². The normalized spacial score (nSPS) is 13.6. The van der Waals surface area contributed by atoms with Crippen LogP contribution < -0.4 is 0 Å². The third-order valence-electron chi connectivity index (χ3n) is 12.3. The first kappa shape index (κ1) is 75.0. The summed E-state index contributed by atoms with van der Waals surface area (Å²) in [5.41, 5.74) is 0. The van der Waals surface area contributed by atoms with Gasteiger partial charge in [-0.1, -0.05) is 266 Å². The van der Waals surface area contributed by atoms with Crippen molar-refractivity contribution >= 4 is 17.9 Å². The third-order valence-corrected chi connectivity index (χ3v) is 12.3. The molecule has 0 saturated heterocycles. The molecule has 1 atom stereocenters. The van der Waals surface area contributed by atoms with E-state index in [1.165, 1.54) is 12.8 Å². The van der Waals surface area contributed by atoms with E-state index in [1.54, 1.807) is 6.08 Å². The summed E-state index contributed by atoms with van der Waals surface area (Å²) >= 11 is 0. The Balaban J connectivity index is 4.58. The van der Waals surface area contributed by atoms with Crippen LogP contribution in [0.25, 0.3) is 0 Å². The highest BCUT2D eigenvalue weighted by Gasteiger charge is 2.19. The van der Waals surface area contributed by atoms with E-state index < -0.39 is 12.1 Å². The molecule has 0 spiro atoms. The molecule has 0 bridgehead atoms. The molecule has 448 valence electrons. The molecule has 6 heteroatoms. The van der Waals surface area contributed by atoms with Crippen LogP contribution in [-0.4, -0.2) is 37.2 Å². The predicted molar refractivity (Wildman–Crippen MR) is 352 cm³/mol. The molecule has 0 saturated carbocycles. The maximum atomic E-state index is 12.9. The highest BCUT2D eigenvalue weighted by atomic mass is 16.6. The van der Waals surface area contributed by atoms with Crippen molar-refractivity contribution in [2.45, 2.75) is 232 Å². The van der Waals surface area contributed by atoms with Crippen LogP contribution in [0.3, 0.4) is 0 Å². The van der Waals surface area contributed by atoms with Crippen LogP contribution in [0.1, 0.15) is 226 Å². The van der Waals surface area contributed by atoms with Gasteiger partial charge in [0.25, 0.3) is 0 Å². The molecule has 81 heavy (non-hydrogen) atoms. The maximum Gasteiger partial charge on any atom is 0.309 e. The summed E-state index contributed by atoms with van der Waals surface area (Å²) in [5, 5.41) is 0. The first-order valence-corrected chi connectivity index (χ1v) is 31.6. The molecule has 0 aliphatic rings. The van der Waals surface area contributed by atoms with Crippen LogP contribution >= 0.6 is 0 Å². The molecule has 0 amide bonds. The Hall–Kier alpha value is -6.01. The Labute approximate surface area is 496 Å². The quantitative estimate of drug-likeness (QED) is 0.0261. The summed E-state index contributed by atoms with van der Waals surface area (Å²) in [4.78, 5) is 38.3. The van der Waals surface area contributed by atoms with Crippen molar-refractivity contribution < 1.29 is 28.6 Å². The Morgan fingerprint density at radius 1 is 0.259 bits per heavy atom. The average Bonchev–Trinajstić information content (AvgIpc) is 3.47. The van der Waals surface area contributed by atoms with Gasteiger partial charge in [-0.2, -0.15) is 0 Å². The van der Waals surface area contributed by atoms with Gasteiger partial charge in [-0.15, -0.1) is 0 Å². The van der Waals surface area contributed by atoms with Gasteiger partial charge in [0.1, 0.15) is 13.2 Å². The molecule has 0 N–H and O–H groups in total. The van der Waals surface area contributed by atoms with Crippen LogP contribution in [0, 0.1) is 0 Å². The molecule has 0 aliphatic heterocycles. The number of unbranched alkanes of at least 4 members (excludes halogenated alkanes) is 10. The predicted octanol–water partition coefficient (Wildman–Crippen LogP) is 22.0. The van der Waals surface area contributed by atoms with Crippen molar-refractivity contribution in [1.29, 1.82) is 0 Å². The summed E-state index contributed by atoms with van der Waals surface area (Å²) < 4.78 is 16.8. The van der Waals surface area contributed by atoms with Gasteiger partial charge in [0.2, 0.25) is 0 Å². The number of allylic oxidation sites excluding steroid dienone is 33. The Bertz CT molecular complexity index is 2000. The van der Waals surface area contributed by atoms with Gasteiger partial charge in [0.15, 0.2) is 6.10 Å². The maximum absolute atomic E-state index is 12.9. The number of ether oxygens (including phenoxy) is 3. The molecule has 0 fully saturated rings. The molecule has 0 aromatic rings. The molecule has 1 unspecified atom stereocenters. The number of esters is 3. The molecule has 6 nitrogen and oxygen atoms in total. The van der Waals surface area contributed by atoms with Crippen LogP contribution in [-0.2, 0) is 28.6 Å². The van der Waals surface area contributed by atoms with Crippen molar-refractivity contribution in [3.05, 3.63) is 207 Å². The molecule has 0 rings (SSSR count). The van der Waals surface area contributed by atoms with E-state index in [2.05, 4.69) is 215 Å². The Morgan fingerprint density at radius 2 is 0.494 bits per heavy atom. The summed E-state index contributed by atoms with van der Waals surface area (Å²) in [6.07, 6.45) is 103. The second kappa shape index (κ2) is 66.5. The summed E-state index contributed by atoms with van der Waals surface area (Å²) in [7, 11) is 0. The zero-order valence-corrected chi connectivity index (χ0v) is 51.2. The van der Waals surface area contributed by atoms with Crippen molar-refractivity contribution in [3.8, 4) is 0 Å². The van der Waals surface area contributed by atoms with E-state index >= 15 is 0 Å². The fraction of sp³-hybridized carbons (Fsp3) is 0.507. The Morgan fingerprint density at radius 3 is 0.802 bits per heavy atom. The monoisotopic (exact) mass is 1110 g/mol. The standard InChI is InChI=1S/C75H112O6/c1-4-7-10-13-16-19-22-25-28-30-32-34-36-37-39-40-42-44-47-50-53-56-59-62-65-68-74(77)80-71-72(70-79-73(76)67-64-61-58-55-52-49-46-27-24-21-18-15-12-9-6-3)81-75(78)69-66-63-60-57-54-51-48-45-43-41-38-35-33-31-29-26-23-20-17-14-11-8-5-2/h7-12,16-21,25-29,32-35,37,39,41-44,46,48,51-52,55,61,64,72H,4-6,13-15,22-24,30-31,36,38,40,45,47,49-50,53-54,56-60,62-63,65-71H2,1-3H3/b10-7-,11-8-,12-9-,19-16-,20-17-,21-18-,28-25-,29-26-,34-32-,35-33-,39-37-,43-41-,44-42-,46-27-,51-48-,55-52-,64-61-. The lowest BCUT2D eigenvalue weighted by molar-refractivity contribution is -0.166. The van der Waals surface area contributed by atoms with Gasteiger partial charge >= 0.3 is 17.9 Å². The van der Waals surface area contributed by atoms with E-state index in [0.717, 1.165) is 161 Å². The van der Waals surface area contributed by atoms with Gasteiger partial charge in [0.05, 0.1) is 6.42 Å². The van der Waals surface area contributed by atoms with Gasteiger partial charge in [-0.3, -0.25) is 14.4 Å². The van der Waals surface area contributed by atoms with Crippen LogP contribution in [0.15, 0.2) is 207 Å². The van der Waals surface area contributed by atoms with Crippen molar-refractivity contribution in [2.75, 3.05) is 13.2 Å². The minimum absolute atomic E-state index is 0.106. The zero-order valence-electron chi connectivity index (χ0n) is 51.2. The van der Waals surface area contributed by atoms with E-state index in [0.29, 0.717) is 19.3 Å². The molecule has 0 heterocycles. The number of rotatable bonds is 54. The number of hydrogen-bond acceptors (Lipinski definition) is 6. The molecular formula is C75H112O6. The molecule has 0 radical (unpaired) electrons. The van der Waals surface area contributed by atoms with E-state index in [9.17, 15) is 14.4 Å². The zero-order chi connectivity index (χ0) is 58.5. The van der Waals surface area contributed by atoms with E-state index in [4.69, 9.17) is 14.2 Å². The first-order valence-electron chi connectivity index (χ1n) is 31.6. The largest absolute Gasteiger partial charge is 0.462 e. The lowest BCUT2D eigenvalue weighted by Gasteiger charge is -2.18. The summed E-state index contributed by atoms with van der Waals surface area (Å²) in [6.45, 7) is 6.15. The first-order chi connectivity index (χ1) is 40.0. The fourth-order valence-corrected chi connectivity index (χ4v) is 7.70. The minimum atomic E-state index is -0.854. The molecule has 0 aromatic heterocycles. The summed E-state index contributed by atoms with van der Waals surface area (Å²) in [5.74, 6) is -1.12. The molecule has 0 aromatic carbocycles. The minimum Gasteiger partial charge on any atom is -0.462 e. The SMILES string of the molecule is CC/C=C\C/C=C\C/C=C\C/C=C\C/C=C\C/C=C\CCCCCCCCC(=O)OCC(COC(=O)C/C=C\C/C=C\C/C=C\C/C=C\C/C=C\CC)OC(=O)CCCCCC/C=C\C/C=C\C/C=C\C/C=C\C/C=C\C/C=C\CC. The van der Waals surface area contributed by atoms with Gasteiger partial charge in [0, 0.05) is 12.8 Å². The lowest BCUT2D eigenvalue weighted by Crippen LogP contribution is -2.30. The lowest BCUT2D eigenvalue weighted by atomic mass is 10.1. The highest BCUT2D eigenvalue weighted by Crippen LogP contribution is 2.12. The van der Waals surface area contributed by atoms with Crippen molar-refractivity contribution in [1.82, 2.24) is 0 Å². The number of carbonyl (C=O) groups excluding carboxylic acids is 3. The highest BCUT2D eigenvalue weighted by molar-refractivity contribution is 5.72. The number of hydrogen-bond donors (Lipinski definition) is 0. The third kappa shape index (κ3) is 64.7. The second-order valence-electron chi connectivity index (χ2n) is 19.8. The van der Waals surface area contributed by atoms with Crippen LogP contribution in [0.4, 0.5) is 0 Å². The smallest absolute Gasteiger partial charge is 0.309 e. The van der Waals surface area contributed by atoms with E-state index in [1.807, 2.05) is 6.08 Å². The van der Waals surface area contributed by atoms with Crippen molar-refractivity contribution in [3.63, 3.8) is 0 Å². The van der Waals surface area contributed by atoms with Crippen LogP contribution in [0.5, 0.6) is 0 Å².